The molecule has 3 nitrogen and oxygen atoms in total. The van der Waals surface area contributed by atoms with E-state index < -0.39 is 0 Å². The Kier molecular flexibility index (Phi) is 3.73. The smallest absolute Gasteiger partial charge is 0.256 e. The fourth-order valence-electron chi connectivity index (χ4n) is 3.40. The van der Waals surface area contributed by atoms with E-state index >= 15 is 0 Å². The van der Waals surface area contributed by atoms with Gasteiger partial charge in [0.05, 0.1) is 11.1 Å². The number of carbonyl (C=O) groups is 1. The summed E-state index contributed by atoms with van der Waals surface area (Å²) in [6, 6.07) is 13.4. The molecule has 1 heterocycles. The van der Waals surface area contributed by atoms with Gasteiger partial charge in [0.25, 0.3) is 5.91 Å². The van der Waals surface area contributed by atoms with Gasteiger partial charge in [-0.25, -0.2) is 0 Å². The standard InChI is InChI=1S/C20H17ClN2O/c1-12-15(21)8-5-10-16(12)23-20(24)19-13-6-2-3-9-17(13)22-18-11-4-7-14(18)19/h2-3,5-6,8-10H,4,7,11H2,1H3,(H,23,24). The topological polar surface area (TPSA) is 42.0 Å². The van der Waals surface area contributed by atoms with Crippen LogP contribution in [0.3, 0.4) is 0 Å². The second-order valence-corrected chi connectivity index (χ2v) is 6.56. The maximum absolute atomic E-state index is 13.1. The van der Waals surface area contributed by atoms with E-state index in [-0.39, 0.29) is 5.91 Å². The molecule has 120 valence electrons. The molecule has 0 spiro atoms. The number of fused-ring (bicyclic) bond motifs is 2. The van der Waals surface area contributed by atoms with Gasteiger partial charge in [-0.2, -0.15) is 0 Å². The first-order valence-electron chi connectivity index (χ1n) is 8.12. The molecule has 24 heavy (non-hydrogen) atoms. The molecule has 1 aromatic heterocycles. The Morgan fingerprint density at radius 2 is 1.96 bits per heavy atom. The van der Waals surface area contributed by atoms with Crippen molar-refractivity contribution in [3.05, 3.63) is 69.9 Å². The van der Waals surface area contributed by atoms with E-state index in [4.69, 9.17) is 16.6 Å². The summed E-state index contributed by atoms with van der Waals surface area (Å²) in [6.07, 6.45) is 2.90. The van der Waals surface area contributed by atoms with Crippen molar-refractivity contribution in [2.24, 2.45) is 0 Å². The van der Waals surface area contributed by atoms with E-state index in [2.05, 4.69) is 5.32 Å². The summed E-state index contributed by atoms with van der Waals surface area (Å²) >= 11 is 6.17. The number of hydrogen-bond acceptors (Lipinski definition) is 2. The molecule has 3 aromatic rings. The minimum absolute atomic E-state index is 0.0860. The lowest BCUT2D eigenvalue weighted by Crippen LogP contribution is -2.16. The monoisotopic (exact) mass is 336 g/mol. The van der Waals surface area contributed by atoms with Gasteiger partial charge in [0.15, 0.2) is 0 Å². The molecule has 0 saturated heterocycles. The van der Waals surface area contributed by atoms with Crippen molar-refractivity contribution in [1.29, 1.82) is 0 Å². The summed E-state index contributed by atoms with van der Waals surface area (Å²) in [7, 11) is 0. The predicted molar refractivity (Wildman–Crippen MR) is 97.9 cm³/mol. The van der Waals surface area contributed by atoms with Crippen molar-refractivity contribution in [3.8, 4) is 0 Å². The van der Waals surface area contributed by atoms with Crippen LogP contribution >= 0.6 is 11.6 Å². The molecule has 0 fully saturated rings. The Morgan fingerprint density at radius 1 is 1.12 bits per heavy atom. The number of carbonyl (C=O) groups excluding carboxylic acids is 1. The number of amides is 1. The third-order valence-corrected chi connectivity index (χ3v) is 5.07. The molecule has 1 aliphatic carbocycles. The summed E-state index contributed by atoms with van der Waals surface area (Å²) in [4.78, 5) is 17.8. The second-order valence-electron chi connectivity index (χ2n) is 6.15. The number of aryl methyl sites for hydroxylation is 1. The zero-order chi connectivity index (χ0) is 16.7. The number of para-hydroxylation sites is 1. The molecule has 4 rings (SSSR count). The quantitative estimate of drug-likeness (QED) is 0.720. The van der Waals surface area contributed by atoms with Gasteiger partial charge < -0.3 is 5.32 Å². The summed E-state index contributed by atoms with van der Waals surface area (Å²) in [5.41, 5.74) is 5.41. The molecule has 0 unspecified atom stereocenters. The predicted octanol–water partition coefficient (Wildman–Crippen LogP) is 4.94. The van der Waals surface area contributed by atoms with Crippen LogP contribution in [0.2, 0.25) is 5.02 Å². The van der Waals surface area contributed by atoms with E-state index in [9.17, 15) is 4.79 Å². The van der Waals surface area contributed by atoms with Crippen LogP contribution in [-0.2, 0) is 12.8 Å². The Labute approximate surface area is 145 Å². The number of pyridine rings is 1. The highest BCUT2D eigenvalue weighted by Gasteiger charge is 2.24. The van der Waals surface area contributed by atoms with Crippen LogP contribution in [-0.4, -0.2) is 10.9 Å². The number of rotatable bonds is 2. The first-order chi connectivity index (χ1) is 11.6. The zero-order valence-electron chi connectivity index (χ0n) is 13.4. The van der Waals surface area contributed by atoms with Crippen LogP contribution in [0.1, 0.15) is 33.6 Å². The SMILES string of the molecule is Cc1c(Cl)cccc1NC(=O)c1c2c(nc3ccccc13)CCC2. The number of nitrogens with one attached hydrogen (secondary N) is 1. The van der Waals surface area contributed by atoms with E-state index in [0.29, 0.717) is 5.02 Å². The van der Waals surface area contributed by atoms with Crippen molar-refractivity contribution in [2.45, 2.75) is 26.2 Å². The van der Waals surface area contributed by atoms with Gasteiger partial charge in [0.2, 0.25) is 0 Å². The average molecular weight is 337 g/mol. The van der Waals surface area contributed by atoms with Crippen LogP contribution in [0, 0.1) is 6.92 Å². The molecule has 2 aromatic carbocycles. The van der Waals surface area contributed by atoms with Gasteiger partial charge in [-0.05, 0) is 55.5 Å². The van der Waals surface area contributed by atoms with Crippen LogP contribution in [0.15, 0.2) is 42.5 Å². The Balaban J connectivity index is 1.84. The van der Waals surface area contributed by atoms with E-state index in [1.54, 1.807) is 0 Å². The van der Waals surface area contributed by atoms with Gasteiger partial charge in [-0.1, -0.05) is 35.9 Å². The summed E-state index contributed by atoms with van der Waals surface area (Å²) in [6.45, 7) is 1.91. The van der Waals surface area contributed by atoms with Crippen molar-refractivity contribution in [2.75, 3.05) is 5.32 Å². The Bertz CT molecular complexity index is 965. The molecule has 1 N–H and O–H groups in total. The molecule has 0 saturated carbocycles. The van der Waals surface area contributed by atoms with Crippen LogP contribution in [0.4, 0.5) is 5.69 Å². The van der Waals surface area contributed by atoms with Crippen molar-refractivity contribution >= 4 is 34.1 Å². The fourth-order valence-corrected chi connectivity index (χ4v) is 3.57. The number of nitrogens with zero attached hydrogens (tertiary/aromatic N) is 1. The van der Waals surface area contributed by atoms with Gasteiger partial charge in [-0.3, -0.25) is 9.78 Å². The minimum Gasteiger partial charge on any atom is -0.322 e. The molecule has 0 radical (unpaired) electrons. The zero-order valence-corrected chi connectivity index (χ0v) is 14.2. The largest absolute Gasteiger partial charge is 0.322 e. The lowest BCUT2D eigenvalue weighted by molar-refractivity contribution is 0.102. The molecule has 1 amide bonds. The van der Waals surface area contributed by atoms with Gasteiger partial charge in [-0.15, -0.1) is 0 Å². The third kappa shape index (κ3) is 2.45. The van der Waals surface area contributed by atoms with Gasteiger partial charge >= 0.3 is 0 Å². The molecule has 0 bridgehead atoms. The second kappa shape index (κ2) is 5.91. The number of benzene rings is 2. The Hall–Kier alpha value is -2.39. The minimum atomic E-state index is -0.0860. The van der Waals surface area contributed by atoms with Crippen LogP contribution in [0.5, 0.6) is 0 Å². The van der Waals surface area contributed by atoms with E-state index in [1.807, 2.05) is 49.4 Å². The number of aromatic nitrogens is 1. The first kappa shape index (κ1) is 15.2. The summed E-state index contributed by atoms with van der Waals surface area (Å²) in [5, 5.41) is 4.60. The molecule has 0 atom stereocenters. The highest BCUT2D eigenvalue weighted by atomic mass is 35.5. The number of hydrogen-bond donors (Lipinski definition) is 1. The highest BCUT2D eigenvalue weighted by molar-refractivity contribution is 6.31. The third-order valence-electron chi connectivity index (χ3n) is 4.66. The Morgan fingerprint density at radius 3 is 2.83 bits per heavy atom. The lowest BCUT2D eigenvalue weighted by Gasteiger charge is -2.14. The lowest BCUT2D eigenvalue weighted by atomic mass is 10.0. The fraction of sp³-hybridized carbons (Fsp3) is 0.200. The van der Waals surface area contributed by atoms with Crippen LogP contribution < -0.4 is 5.32 Å². The normalized spacial score (nSPS) is 13.1. The maximum Gasteiger partial charge on any atom is 0.256 e. The molecular weight excluding hydrogens is 320 g/mol. The number of halogens is 1. The average Bonchev–Trinajstić information content (AvgIpc) is 3.04. The molecule has 0 aliphatic heterocycles. The van der Waals surface area contributed by atoms with Gasteiger partial charge in [0.1, 0.15) is 0 Å². The van der Waals surface area contributed by atoms with Crippen molar-refractivity contribution in [3.63, 3.8) is 0 Å². The molecular formula is C20H17ClN2O. The molecule has 4 heteroatoms. The van der Waals surface area contributed by atoms with E-state index in [1.165, 1.54) is 0 Å². The number of anilines is 1. The summed E-state index contributed by atoms with van der Waals surface area (Å²) < 4.78 is 0. The highest BCUT2D eigenvalue weighted by Crippen LogP contribution is 2.31. The summed E-state index contributed by atoms with van der Waals surface area (Å²) in [5.74, 6) is -0.0860. The maximum atomic E-state index is 13.1. The molecule has 1 aliphatic rings. The van der Waals surface area contributed by atoms with Gasteiger partial charge in [0, 0.05) is 21.8 Å². The van der Waals surface area contributed by atoms with Crippen molar-refractivity contribution < 1.29 is 4.79 Å². The first-order valence-corrected chi connectivity index (χ1v) is 8.50. The van der Waals surface area contributed by atoms with Crippen LogP contribution in [0.25, 0.3) is 10.9 Å². The van der Waals surface area contributed by atoms with Crippen molar-refractivity contribution in [1.82, 2.24) is 4.98 Å². The van der Waals surface area contributed by atoms with E-state index in [0.717, 1.165) is 58.2 Å².